The molecule has 0 atom stereocenters. The van der Waals surface area contributed by atoms with Crippen LogP contribution in [0.4, 0.5) is 0 Å². The van der Waals surface area contributed by atoms with Gasteiger partial charge >= 0.3 is 0 Å². The number of ketones is 2. The normalized spacial score (nSPS) is 13.7. The van der Waals surface area contributed by atoms with E-state index in [1.54, 1.807) is 26.5 Å². The van der Waals surface area contributed by atoms with Crippen LogP contribution in [0, 0.1) is 12.3 Å². The second kappa shape index (κ2) is 10.1. The van der Waals surface area contributed by atoms with Crippen molar-refractivity contribution in [3.05, 3.63) is 89.6 Å². The highest BCUT2D eigenvalue weighted by atomic mass is 16.5. The minimum atomic E-state index is -0.823. The minimum Gasteiger partial charge on any atom is -0.493 e. The maximum Gasteiger partial charge on any atom is 0.162 e. The summed E-state index contributed by atoms with van der Waals surface area (Å²) in [6, 6.07) is 20.8. The highest BCUT2D eigenvalue weighted by molar-refractivity contribution is 6.10. The summed E-state index contributed by atoms with van der Waals surface area (Å²) in [5, 5.41) is 0.794. The smallest absolute Gasteiger partial charge is 0.162 e. The first-order chi connectivity index (χ1) is 17.9. The molecule has 0 spiro atoms. The number of ether oxygens (including phenoxy) is 3. The molecule has 0 saturated heterocycles. The second-order valence-electron chi connectivity index (χ2n) is 9.55. The first-order valence-corrected chi connectivity index (χ1v) is 12.3. The molecular weight excluding hydrogens is 466 g/mol. The third-order valence-electron chi connectivity index (χ3n) is 7.03. The van der Waals surface area contributed by atoms with E-state index < -0.39 is 5.41 Å². The van der Waals surface area contributed by atoms with Crippen LogP contribution in [0.15, 0.2) is 72.9 Å². The number of hydrogen-bond acceptors (Lipinski definition) is 6. The van der Waals surface area contributed by atoms with Gasteiger partial charge in [-0.15, -0.1) is 0 Å². The van der Waals surface area contributed by atoms with Crippen LogP contribution in [0.1, 0.15) is 29.5 Å². The van der Waals surface area contributed by atoms with Gasteiger partial charge < -0.3 is 14.2 Å². The lowest BCUT2D eigenvalue weighted by Gasteiger charge is -2.14. The Hall–Kier alpha value is -4.19. The molecule has 1 aliphatic carbocycles. The summed E-state index contributed by atoms with van der Waals surface area (Å²) in [7, 11) is 3.17. The van der Waals surface area contributed by atoms with Crippen molar-refractivity contribution in [2.24, 2.45) is 5.41 Å². The molecule has 0 N–H and O–H groups in total. The van der Waals surface area contributed by atoms with Crippen molar-refractivity contribution in [2.45, 2.75) is 32.6 Å². The number of Topliss-reactive ketones (excluding diaryl/α,β-unsaturated/α-hetero) is 2. The number of methoxy groups -OCH3 is 2. The van der Waals surface area contributed by atoms with Crippen LogP contribution in [0.3, 0.4) is 0 Å². The van der Waals surface area contributed by atoms with Gasteiger partial charge in [-0.05, 0) is 55.2 Å². The summed E-state index contributed by atoms with van der Waals surface area (Å²) in [6.07, 6.45) is 3.49. The van der Waals surface area contributed by atoms with Crippen LogP contribution in [0.2, 0.25) is 0 Å². The zero-order valence-electron chi connectivity index (χ0n) is 21.2. The van der Waals surface area contributed by atoms with Crippen molar-refractivity contribution in [1.82, 2.24) is 4.98 Å². The molecule has 1 heterocycles. The molecule has 0 radical (unpaired) electrons. The fourth-order valence-corrected chi connectivity index (χ4v) is 4.59. The Morgan fingerprint density at radius 3 is 1.92 bits per heavy atom. The molecule has 1 aliphatic rings. The minimum absolute atomic E-state index is 0.000509. The Balaban J connectivity index is 1.27. The van der Waals surface area contributed by atoms with Gasteiger partial charge in [-0.25, -0.2) is 0 Å². The number of fused-ring (bicyclic) bond motifs is 1. The fraction of sp³-hybridized carbons (Fsp3) is 0.258. The average Bonchev–Trinajstić information content (AvgIpc) is 3.73. The van der Waals surface area contributed by atoms with Gasteiger partial charge in [-0.2, -0.15) is 0 Å². The van der Waals surface area contributed by atoms with Crippen LogP contribution in [-0.2, 0) is 22.4 Å². The van der Waals surface area contributed by atoms with E-state index in [0.717, 1.165) is 27.6 Å². The lowest BCUT2D eigenvalue weighted by atomic mass is 9.88. The number of carbonyl (C=O) groups excluding carboxylic acids is 2. The molecule has 0 unspecified atom stereocenters. The molecule has 0 amide bonds. The van der Waals surface area contributed by atoms with E-state index in [0.29, 0.717) is 42.3 Å². The van der Waals surface area contributed by atoms with Crippen LogP contribution < -0.4 is 14.2 Å². The molecule has 0 bridgehead atoms. The topological polar surface area (TPSA) is 74.7 Å². The number of pyridine rings is 1. The summed E-state index contributed by atoms with van der Waals surface area (Å²) in [4.78, 5) is 30.5. The van der Waals surface area contributed by atoms with Gasteiger partial charge in [0.05, 0.1) is 25.2 Å². The number of aromatic nitrogens is 1. The van der Waals surface area contributed by atoms with Gasteiger partial charge in [0.1, 0.15) is 11.5 Å². The molecule has 5 rings (SSSR count). The summed E-state index contributed by atoms with van der Waals surface area (Å²) in [5.41, 5.74) is 2.87. The first-order valence-electron chi connectivity index (χ1n) is 12.3. The molecule has 4 aromatic rings. The molecule has 37 heavy (non-hydrogen) atoms. The molecule has 1 saturated carbocycles. The van der Waals surface area contributed by atoms with E-state index in [-0.39, 0.29) is 18.0 Å². The van der Waals surface area contributed by atoms with Crippen molar-refractivity contribution in [2.75, 3.05) is 14.2 Å². The van der Waals surface area contributed by atoms with E-state index in [1.165, 1.54) is 0 Å². The zero-order valence-corrected chi connectivity index (χ0v) is 21.2. The van der Waals surface area contributed by atoms with Crippen LogP contribution in [0.25, 0.3) is 10.9 Å². The summed E-state index contributed by atoms with van der Waals surface area (Å²) in [5.74, 6) is 2.48. The van der Waals surface area contributed by atoms with Gasteiger partial charge in [-0.3, -0.25) is 14.6 Å². The maximum absolute atomic E-state index is 13.1. The van der Waals surface area contributed by atoms with Crippen LogP contribution in [0.5, 0.6) is 23.0 Å². The molecule has 1 fully saturated rings. The van der Waals surface area contributed by atoms with Crippen molar-refractivity contribution in [1.29, 1.82) is 0 Å². The lowest BCUT2D eigenvalue weighted by Crippen LogP contribution is -2.28. The number of rotatable bonds is 10. The summed E-state index contributed by atoms with van der Waals surface area (Å²) >= 11 is 0. The number of nitrogens with zero attached hydrogens (tertiary/aromatic N) is 1. The highest BCUT2D eigenvalue weighted by Gasteiger charge is 2.54. The lowest BCUT2D eigenvalue weighted by molar-refractivity contribution is -0.133. The molecular formula is C31H29NO5. The monoisotopic (exact) mass is 495 g/mol. The Morgan fingerprint density at radius 2 is 1.35 bits per heavy atom. The molecule has 0 aliphatic heterocycles. The zero-order chi connectivity index (χ0) is 26.0. The Kier molecular flexibility index (Phi) is 6.66. The molecule has 1 aromatic heterocycles. The third-order valence-corrected chi connectivity index (χ3v) is 7.03. The van der Waals surface area contributed by atoms with Crippen LogP contribution >= 0.6 is 0 Å². The Morgan fingerprint density at radius 1 is 0.784 bits per heavy atom. The van der Waals surface area contributed by atoms with Crippen LogP contribution in [-0.4, -0.2) is 30.8 Å². The molecule has 3 aromatic carbocycles. The molecule has 6 nitrogen and oxygen atoms in total. The predicted molar refractivity (Wildman–Crippen MR) is 142 cm³/mol. The van der Waals surface area contributed by atoms with E-state index in [2.05, 4.69) is 4.98 Å². The highest BCUT2D eigenvalue weighted by Crippen LogP contribution is 2.49. The van der Waals surface area contributed by atoms with E-state index in [4.69, 9.17) is 14.2 Å². The van der Waals surface area contributed by atoms with Crippen molar-refractivity contribution < 1.29 is 23.8 Å². The third kappa shape index (κ3) is 5.05. The second-order valence-corrected chi connectivity index (χ2v) is 9.55. The number of carbonyl (C=O) groups is 2. The van der Waals surface area contributed by atoms with Gasteiger partial charge in [0, 0.05) is 30.5 Å². The number of aryl methyl sites for hydroxylation is 1. The predicted octanol–water partition coefficient (Wildman–Crippen LogP) is 6.06. The number of hydrogen-bond donors (Lipinski definition) is 0. The standard InChI is InChI=1S/C31H29NO5/c1-20-4-6-21(7-5-20)16-29(33)31(13-14-31)30(34)17-22-8-10-23(11-9-22)37-26-12-15-32-25-19-28(36-3)27(35-2)18-24(25)26/h4-12,15,18-19H,13-14,16-17H2,1-3H3. The van der Waals surface area contributed by atoms with Gasteiger partial charge in [0.15, 0.2) is 23.1 Å². The van der Waals surface area contributed by atoms with Gasteiger partial charge in [0.2, 0.25) is 0 Å². The van der Waals surface area contributed by atoms with E-state index in [1.807, 2.05) is 67.6 Å². The average molecular weight is 496 g/mol. The van der Waals surface area contributed by atoms with E-state index >= 15 is 0 Å². The Bertz CT molecular complexity index is 1450. The Labute approximate surface area is 216 Å². The SMILES string of the molecule is COc1cc2nccc(Oc3ccc(CC(=O)C4(C(=O)Cc5ccc(C)cc5)CC4)cc3)c2cc1OC. The number of benzene rings is 3. The largest absolute Gasteiger partial charge is 0.493 e. The maximum atomic E-state index is 13.1. The van der Waals surface area contributed by atoms with Gasteiger partial charge in [-0.1, -0.05) is 42.0 Å². The fourth-order valence-electron chi connectivity index (χ4n) is 4.59. The van der Waals surface area contributed by atoms with Crippen molar-refractivity contribution in [3.8, 4) is 23.0 Å². The first kappa shape index (κ1) is 24.5. The van der Waals surface area contributed by atoms with Crippen molar-refractivity contribution >= 4 is 22.5 Å². The van der Waals surface area contributed by atoms with Gasteiger partial charge in [0.25, 0.3) is 0 Å². The van der Waals surface area contributed by atoms with E-state index in [9.17, 15) is 9.59 Å². The molecule has 188 valence electrons. The molecule has 6 heteroatoms. The summed E-state index contributed by atoms with van der Waals surface area (Å²) in [6.45, 7) is 2.02. The summed E-state index contributed by atoms with van der Waals surface area (Å²) < 4.78 is 16.9. The van der Waals surface area contributed by atoms with Crippen molar-refractivity contribution in [3.63, 3.8) is 0 Å². The quantitative estimate of drug-likeness (QED) is 0.249.